The first-order chi connectivity index (χ1) is 7.68. The zero-order valence-electron chi connectivity index (χ0n) is 9.76. The number of hydrogen-bond donors (Lipinski definition) is 1. The molecule has 1 N–H and O–H groups in total. The zero-order chi connectivity index (χ0) is 11.3. The maximum absolute atomic E-state index is 14.0. The van der Waals surface area contributed by atoms with E-state index in [4.69, 9.17) is 0 Å². The molecule has 3 heteroatoms. The summed E-state index contributed by atoms with van der Waals surface area (Å²) in [6.45, 7) is 6.16. The summed E-state index contributed by atoms with van der Waals surface area (Å²) in [5, 5.41) is 3.42. The number of rotatable bonds is 0. The number of halogens is 1. The van der Waals surface area contributed by atoms with Crippen LogP contribution in [0, 0.1) is 12.7 Å². The Hall–Kier alpha value is -1.09. The minimum atomic E-state index is -0.0585. The van der Waals surface area contributed by atoms with Crippen LogP contribution in [0.4, 0.5) is 10.1 Å². The molecule has 0 saturated carbocycles. The number of fused-ring (bicyclic) bond motifs is 3. The summed E-state index contributed by atoms with van der Waals surface area (Å²) in [6, 6.07) is 4.32. The number of anilines is 1. The minimum absolute atomic E-state index is 0.0585. The highest BCUT2D eigenvalue weighted by molar-refractivity contribution is 5.64. The second-order valence-electron chi connectivity index (χ2n) is 4.96. The van der Waals surface area contributed by atoms with Gasteiger partial charge in [0.25, 0.3) is 0 Å². The molecule has 1 aromatic rings. The quantitative estimate of drug-likeness (QED) is 0.718. The first-order valence-electron chi connectivity index (χ1n) is 5.95. The standard InChI is InChI=1S/C13H17FN2/c1-8-3-4-12(14)13-11(8)5-10-7-15-6-9(2)16(10)13/h3-4,9-10,15H,5-7H2,1-2H3/t9-,10+/m1/s1. The highest BCUT2D eigenvalue weighted by atomic mass is 19.1. The molecule has 2 atom stereocenters. The van der Waals surface area contributed by atoms with Crippen molar-refractivity contribution in [2.75, 3.05) is 18.0 Å². The van der Waals surface area contributed by atoms with Crippen LogP contribution in [0.3, 0.4) is 0 Å². The van der Waals surface area contributed by atoms with E-state index in [-0.39, 0.29) is 5.82 Å². The largest absolute Gasteiger partial charge is 0.360 e. The third-order valence-corrected chi connectivity index (χ3v) is 3.85. The fourth-order valence-electron chi connectivity index (χ4n) is 3.07. The van der Waals surface area contributed by atoms with Gasteiger partial charge in [0.2, 0.25) is 0 Å². The molecule has 16 heavy (non-hydrogen) atoms. The topological polar surface area (TPSA) is 15.3 Å². The van der Waals surface area contributed by atoms with Crippen LogP contribution in [0.1, 0.15) is 18.1 Å². The van der Waals surface area contributed by atoms with Gasteiger partial charge in [0, 0.05) is 25.2 Å². The second-order valence-corrected chi connectivity index (χ2v) is 4.96. The fourth-order valence-corrected chi connectivity index (χ4v) is 3.07. The van der Waals surface area contributed by atoms with Crippen LogP contribution in [0.25, 0.3) is 0 Å². The lowest BCUT2D eigenvalue weighted by molar-refractivity contribution is 0.425. The van der Waals surface area contributed by atoms with Crippen LogP contribution in [0.15, 0.2) is 12.1 Å². The molecule has 1 fully saturated rings. The van der Waals surface area contributed by atoms with E-state index in [9.17, 15) is 4.39 Å². The van der Waals surface area contributed by atoms with Gasteiger partial charge in [-0.25, -0.2) is 4.39 Å². The van der Waals surface area contributed by atoms with Crippen LogP contribution in [0.2, 0.25) is 0 Å². The van der Waals surface area contributed by atoms with Crippen molar-refractivity contribution in [3.05, 3.63) is 29.1 Å². The van der Waals surface area contributed by atoms with Crippen molar-refractivity contribution >= 4 is 5.69 Å². The summed E-state index contributed by atoms with van der Waals surface area (Å²) in [5.41, 5.74) is 3.29. The predicted molar refractivity (Wildman–Crippen MR) is 63.4 cm³/mol. The monoisotopic (exact) mass is 220 g/mol. The molecule has 0 unspecified atom stereocenters. The SMILES string of the molecule is Cc1ccc(F)c2c1C[C@H]1CNC[C@@H](C)N21. The van der Waals surface area contributed by atoms with Gasteiger partial charge in [-0.3, -0.25) is 0 Å². The summed E-state index contributed by atoms with van der Waals surface area (Å²) >= 11 is 0. The molecule has 0 aromatic heterocycles. The Balaban J connectivity index is 2.13. The van der Waals surface area contributed by atoms with E-state index in [0.29, 0.717) is 12.1 Å². The van der Waals surface area contributed by atoms with Crippen LogP contribution < -0.4 is 10.2 Å². The van der Waals surface area contributed by atoms with Gasteiger partial charge in [0.15, 0.2) is 0 Å². The van der Waals surface area contributed by atoms with E-state index < -0.39 is 0 Å². The molecule has 1 aromatic carbocycles. The van der Waals surface area contributed by atoms with Gasteiger partial charge in [-0.05, 0) is 37.5 Å². The number of nitrogens with zero attached hydrogens (tertiary/aromatic N) is 1. The molecule has 2 aliphatic heterocycles. The Kier molecular flexibility index (Phi) is 2.18. The van der Waals surface area contributed by atoms with E-state index in [1.807, 2.05) is 6.07 Å². The first kappa shape index (κ1) is 10.1. The lowest BCUT2D eigenvalue weighted by Gasteiger charge is -2.38. The summed E-state index contributed by atoms with van der Waals surface area (Å²) in [7, 11) is 0. The normalized spacial score (nSPS) is 27.8. The molecular formula is C13H17FN2. The molecule has 0 amide bonds. The molecule has 86 valence electrons. The fraction of sp³-hybridized carbons (Fsp3) is 0.538. The molecule has 2 aliphatic rings. The van der Waals surface area contributed by atoms with Crippen LogP contribution in [-0.2, 0) is 6.42 Å². The predicted octanol–water partition coefficient (Wildman–Crippen LogP) is 1.86. The van der Waals surface area contributed by atoms with Crippen molar-refractivity contribution in [3.63, 3.8) is 0 Å². The third kappa shape index (κ3) is 1.27. The molecule has 0 aliphatic carbocycles. The second kappa shape index (κ2) is 3.45. The van der Waals surface area contributed by atoms with Crippen molar-refractivity contribution < 1.29 is 4.39 Å². The van der Waals surface area contributed by atoms with Gasteiger partial charge >= 0.3 is 0 Å². The minimum Gasteiger partial charge on any atom is -0.360 e. The lowest BCUT2D eigenvalue weighted by Crippen LogP contribution is -2.55. The van der Waals surface area contributed by atoms with Crippen LogP contribution in [-0.4, -0.2) is 25.2 Å². The van der Waals surface area contributed by atoms with Crippen molar-refractivity contribution in [1.29, 1.82) is 0 Å². The number of benzene rings is 1. The Morgan fingerprint density at radius 1 is 1.38 bits per heavy atom. The average molecular weight is 220 g/mol. The highest BCUT2D eigenvalue weighted by Crippen LogP contribution is 2.38. The van der Waals surface area contributed by atoms with E-state index >= 15 is 0 Å². The average Bonchev–Trinajstić information content (AvgIpc) is 2.65. The summed E-state index contributed by atoms with van der Waals surface area (Å²) < 4.78 is 14.0. The van der Waals surface area contributed by atoms with Crippen LogP contribution >= 0.6 is 0 Å². The number of hydrogen-bond acceptors (Lipinski definition) is 2. The van der Waals surface area contributed by atoms with Crippen LogP contribution in [0.5, 0.6) is 0 Å². The Morgan fingerprint density at radius 2 is 2.19 bits per heavy atom. The maximum Gasteiger partial charge on any atom is 0.146 e. The molecular weight excluding hydrogens is 203 g/mol. The smallest absolute Gasteiger partial charge is 0.146 e. The summed E-state index contributed by atoms with van der Waals surface area (Å²) in [4.78, 5) is 2.27. The summed E-state index contributed by atoms with van der Waals surface area (Å²) in [6.07, 6.45) is 0.982. The number of aryl methyl sites for hydroxylation is 1. The van der Waals surface area contributed by atoms with Gasteiger partial charge in [-0.2, -0.15) is 0 Å². The summed E-state index contributed by atoms with van der Waals surface area (Å²) in [5.74, 6) is -0.0585. The molecule has 3 rings (SSSR count). The Morgan fingerprint density at radius 3 is 3.00 bits per heavy atom. The molecule has 0 spiro atoms. The molecule has 1 saturated heterocycles. The van der Waals surface area contributed by atoms with Crippen molar-refractivity contribution in [2.45, 2.75) is 32.4 Å². The highest BCUT2D eigenvalue weighted by Gasteiger charge is 2.37. The van der Waals surface area contributed by atoms with Crippen molar-refractivity contribution in [1.82, 2.24) is 5.32 Å². The van der Waals surface area contributed by atoms with Crippen molar-refractivity contribution in [3.8, 4) is 0 Å². The number of nitrogens with one attached hydrogen (secondary N) is 1. The molecule has 0 radical (unpaired) electrons. The third-order valence-electron chi connectivity index (χ3n) is 3.85. The lowest BCUT2D eigenvalue weighted by atomic mass is 10.0. The maximum atomic E-state index is 14.0. The zero-order valence-corrected chi connectivity index (χ0v) is 9.76. The number of piperazine rings is 1. The van der Waals surface area contributed by atoms with E-state index in [2.05, 4.69) is 24.1 Å². The first-order valence-corrected chi connectivity index (χ1v) is 5.95. The van der Waals surface area contributed by atoms with Gasteiger partial charge in [-0.15, -0.1) is 0 Å². The van der Waals surface area contributed by atoms with E-state index in [1.165, 1.54) is 11.1 Å². The Labute approximate surface area is 95.4 Å². The van der Waals surface area contributed by atoms with E-state index in [0.717, 1.165) is 25.2 Å². The molecule has 2 nitrogen and oxygen atoms in total. The molecule has 2 heterocycles. The van der Waals surface area contributed by atoms with Gasteiger partial charge in [-0.1, -0.05) is 6.07 Å². The van der Waals surface area contributed by atoms with E-state index in [1.54, 1.807) is 6.07 Å². The molecule has 0 bridgehead atoms. The van der Waals surface area contributed by atoms with Crippen molar-refractivity contribution in [2.24, 2.45) is 0 Å². The van der Waals surface area contributed by atoms with Gasteiger partial charge < -0.3 is 10.2 Å². The Bertz CT molecular complexity index is 430. The van der Waals surface area contributed by atoms with Gasteiger partial charge in [0.1, 0.15) is 5.82 Å². The van der Waals surface area contributed by atoms with Gasteiger partial charge in [0.05, 0.1) is 5.69 Å².